The lowest BCUT2D eigenvalue weighted by Crippen LogP contribution is -2.37. The van der Waals surface area contributed by atoms with Crippen molar-refractivity contribution >= 4 is 19.8 Å². The number of esters is 2. The summed E-state index contributed by atoms with van der Waals surface area (Å²) in [6.45, 7) is 4.22. The number of hydrogen-bond acceptors (Lipinski definition) is 7. The molecule has 0 saturated carbocycles. The quantitative estimate of drug-likeness (QED) is 0.0211. The Bertz CT molecular complexity index is 1950. The number of likely N-dealkylation sites (N-methyl/N-ethyl adjacent to an activating group) is 1. The molecule has 0 fully saturated rings. The van der Waals surface area contributed by atoms with Gasteiger partial charge in [0.05, 0.1) is 27.7 Å². The second kappa shape index (κ2) is 67.5. The number of unbranched alkanes of at least 4 members (excludes halogenated alkanes) is 29. The van der Waals surface area contributed by atoms with E-state index in [2.05, 4.69) is 148 Å². The first-order chi connectivity index (χ1) is 43.0. The predicted octanol–water partition coefficient (Wildman–Crippen LogP) is 23.6. The number of rotatable bonds is 65. The molecule has 0 heterocycles. The summed E-state index contributed by atoms with van der Waals surface area (Å²) in [6, 6.07) is 0. The Morgan fingerprint density at radius 3 is 0.909 bits per heavy atom. The van der Waals surface area contributed by atoms with Gasteiger partial charge >= 0.3 is 19.8 Å². The van der Waals surface area contributed by atoms with Crippen LogP contribution in [0.15, 0.2) is 134 Å². The zero-order chi connectivity index (χ0) is 64.1. The zero-order valence-corrected chi connectivity index (χ0v) is 58.3. The van der Waals surface area contributed by atoms with Crippen molar-refractivity contribution in [1.82, 2.24) is 0 Å². The fourth-order valence-electron chi connectivity index (χ4n) is 9.75. The van der Waals surface area contributed by atoms with Crippen LogP contribution in [0, 0.1) is 0 Å². The van der Waals surface area contributed by atoms with Crippen LogP contribution in [0.1, 0.15) is 296 Å². The number of phosphoric acid groups is 1. The molecule has 10 heteroatoms. The first-order valence-corrected chi connectivity index (χ1v) is 37.4. The Hall–Kier alpha value is -3.85. The van der Waals surface area contributed by atoms with Crippen LogP contribution in [-0.2, 0) is 32.7 Å². The topological polar surface area (TPSA) is 108 Å². The fraction of sp³-hybridized carbons (Fsp3) is 0.692. The van der Waals surface area contributed by atoms with Crippen LogP contribution in [0.4, 0.5) is 0 Å². The molecule has 9 nitrogen and oxygen atoms in total. The van der Waals surface area contributed by atoms with Gasteiger partial charge in [-0.15, -0.1) is 0 Å². The third kappa shape index (κ3) is 71.2. The van der Waals surface area contributed by atoms with Crippen LogP contribution in [-0.4, -0.2) is 74.9 Å². The van der Waals surface area contributed by atoms with Crippen molar-refractivity contribution in [3.05, 3.63) is 134 Å². The molecule has 0 amide bonds. The van der Waals surface area contributed by atoms with E-state index >= 15 is 0 Å². The van der Waals surface area contributed by atoms with Crippen LogP contribution in [0.25, 0.3) is 0 Å². The van der Waals surface area contributed by atoms with E-state index in [-0.39, 0.29) is 32.0 Å². The molecule has 2 unspecified atom stereocenters. The van der Waals surface area contributed by atoms with Crippen LogP contribution in [0.2, 0.25) is 0 Å². The summed E-state index contributed by atoms with van der Waals surface area (Å²) in [4.78, 5) is 35.9. The van der Waals surface area contributed by atoms with E-state index in [1.54, 1.807) is 0 Å². The number of ether oxygens (including phenoxy) is 2. The van der Waals surface area contributed by atoms with Crippen molar-refractivity contribution in [3.63, 3.8) is 0 Å². The predicted molar refractivity (Wildman–Crippen MR) is 381 cm³/mol. The van der Waals surface area contributed by atoms with Gasteiger partial charge in [0, 0.05) is 12.8 Å². The Labute approximate surface area is 542 Å². The highest BCUT2D eigenvalue weighted by Gasteiger charge is 2.27. The summed E-state index contributed by atoms with van der Waals surface area (Å²) < 4.78 is 34.7. The summed E-state index contributed by atoms with van der Waals surface area (Å²) >= 11 is 0. The van der Waals surface area contributed by atoms with E-state index < -0.39 is 26.5 Å². The van der Waals surface area contributed by atoms with Crippen molar-refractivity contribution in [2.24, 2.45) is 0 Å². The Morgan fingerprint density at radius 2 is 0.614 bits per heavy atom. The maximum Gasteiger partial charge on any atom is 0.472 e. The molecule has 1 N–H and O–H groups in total. The second-order valence-corrected chi connectivity index (χ2v) is 26.3. The molecule has 0 aliphatic carbocycles. The average molecular weight is 1250 g/mol. The molecule has 0 spiro atoms. The van der Waals surface area contributed by atoms with Crippen LogP contribution in [0.5, 0.6) is 0 Å². The normalized spacial score (nSPS) is 13.9. The van der Waals surface area contributed by atoms with E-state index in [0.29, 0.717) is 17.4 Å². The number of nitrogens with zero attached hydrogens (tertiary/aromatic N) is 1. The molecule has 0 bridgehead atoms. The van der Waals surface area contributed by atoms with Gasteiger partial charge in [-0.2, -0.15) is 0 Å². The summed E-state index contributed by atoms with van der Waals surface area (Å²) in [5.74, 6) is -0.798. The third-order valence-electron chi connectivity index (χ3n) is 15.2. The lowest BCUT2D eigenvalue weighted by atomic mass is 10.0. The molecule has 0 rings (SSSR count). The summed E-state index contributed by atoms with van der Waals surface area (Å²) in [6.07, 6.45) is 98.5. The lowest BCUT2D eigenvalue weighted by Gasteiger charge is -2.24. The van der Waals surface area contributed by atoms with Gasteiger partial charge in [0.2, 0.25) is 0 Å². The lowest BCUT2D eigenvalue weighted by molar-refractivity contribution is -0.870. The highest BCUT2D eigenvalue weighted by Crippen LogP contribution is 2.43. The van der Waals surface area contributed by atoms with Crippen molar-refractivity contribution in [2.45, 2.75) is 302 Å². The molecule has 0 saturated heterocycles. The number of quaternary nitrogens is 1. The van der Waals surface area contributed by atoms with Gasteiger partial charge in [-0.25, -0.2) is 4.57 Å². The molecule has 2 atom stereocenters. The van der Waals surface area contributed by atoms with Crippen molar-refractivity contribution in [2.75, 3.05) is 47.5 Å². The molecule has 0 aromatic carbocycles. The van der Waals surface area contributed by atoms with Crippen molar-refractivity contribution in [3.8, 4) is 0 Å². The molecule has 88 heavy (non-hydrogen) atoms. The Morgan fingerprint density at radius 1 is 0.352 bits per heavy atom. The highest BCUT2D eigenvalue weighted by atomic mass is 31.2. The molecule has 0 aromatic rings. The first kappa shape index (κ1) is 84.2. The van der Waals surface area contributed by atoms with Gasteiger partial charge in [-0.1, -0.05) is 308 Å². The molecule has 0 aliphatic rings. The fourth-order valence-corrected chi connectivity index (χ4v) is 10.5. The third-order valence-corrected chi connectivity index (χ3v) is 16.2. The molecule has 0 radical (unpaired) electrons. The second-order valence-electron chi connectivity index (χ2n) is 24.9. The standard InChI is InChI=1S/C78H134NO8P/c1-6-8-10-12-14-16-18-20-22-24-26-28-30-31-32-33-34-35-36-37-38-39-40-41-42-43-44-45-46-47-49-51-53-55-57-59-61-63-65-67-69-71-78(81)87-76(75-86-88(82,83)85-73-72-79(3,4)5)74-84-77(80)70-68-66-64-62-60-58-56-54-52-50-48-29-27-25-23-21-19-17-15-13-11-9-7-2/h8-11,14-17,20-23,26-29,31-32,34-35,37-38,76H,6-7,12-13,18-19,24-25,30,33,36,39-75H2,1-5H3/p+1/b10-8-,11-9-,16-14-,17-15-,22-20-,23-21-,28-26-,29-27-,32-31-,35-34-,38-37-. The molecule has 0 aliphatic heterocycles. The van der Waals surface area contributed by atoms with Crippen LogP contribution >= 0.6 is 7.82 Å². The van der Waals surface area contributed by atoms with E-state index in [1.165, 1.54) is 154 Å². The maximum atomic E-state index is 12.9. The molecular formula is C78H135NO8P+. The number of phosphoric ester groups is 1. The smallest absolute Gasteiger partial charge is 0.462 e. The minimum atomic E-state index is -4.40. The molecular weight excluding hydrogens is 1110 g/mol. The zero-order valence-electron chi connectivity index (χ0n) is 57.4. The minimum absolute atomic E-state index is 0.0272. The first-order valence-electron chi connectivity index (χ1n) is 35.9. The van der Waals surface area contributed by atoms with Gasteiger partial charge in [0.15, 0.2) is 6.10 Å². The SMILES string of the molecule is CC/C=C\C/C=C\C/C=C\C/C=C\C/C=C\C/C=C\C/C=C\CCCCCCCCCCCCCCCCCCCCCC(=O)OC(COC(=O)CCCCCCCCCCCC/C=C\C/C=C\C/C=C\C/C=C\CC)COP(=O)(O)OCC[N+](C)(C)C. The van der Waals surface area contributed by atoms with Gasteiger partial charge in [0.25, 0.3) is 0 Å². The van der Waals surface area contributed by atoms with E-state index in [0.717, 1.165) is 109 Å². The Balaban J connectivity index is 3.99. The van der Waals surface area contributed by atoms with Crippen LogP contribution in [0.3, 0.4) is 0 Å². The van der Waals surface area contributed by atoms with Crippen LogP contribution < -0.4 is 0 Å². The van der Waals surface area contributed by atoms with Crippen molar-refractivity contribution < 1.29 is 42.1 Å². The van der Waals surface area contributed by atoms with Gasteiger partial charge < -0.3 is 18.9 Å². The number of carbonyl (C=O) groups is 2. The highest BCUT2D eigenvalue weighted by molar-refractivity contribution is 7.47. The minimum Gasteiger partial charge on any atom is -0.462 e. The largest absolute Gasteiger partial charge is 0.472 e. The van der Waals surface area contributed by atoms with Gasteiger partial charge in [0.1, 0.15) is 19.8 Å². The molecule has 504 valence electrons. The summed E-state index contributed by atoms with van der Waals surface area (Å²) in [5, 5.41) is 0. The van der Waals surface area contributed by atoms with Gasteiger partial charge in [-0.05, 0) is 109 Å². The van der Waals surface area contributed by atoms with Gasteiger partial charge in [-0.3, -0.25) is 18.6 Å². The number of carbonyl (C=O) groups excluding carboxylic acids is 2. The summed E-state index contributed by atoms with van der Waals surface area (Å²) in [5.41, 5.74) is 0. The number of hydrogen-bond donors (Lipinski definition) is 1. The summed E-state index contributed by atoms with van der Waals surface area (Å²) in [7, 11) is 1.47. The maximum absolute atomic E-state index is 12.9. The van der Waals surface area contributed by atoms with E-state index in [1.807, 2.05) is 21.1 Å². The van der Waals surface area contributed by atoms with Crippen molar-refractivity contribution in [1.29, 1.82) is 0 Å². The molecule has 0 aromatic heterocycles. The number of allylic oxidation sites excluding steroid dienone is 22. The van der Waals surface area contributed by atoms with E-state index in [4.69, 9.17) is 18.5 Å². The average Bonchev–Trinajstić information content (AvgIpc) is 3.58. The Kier molecular flexibility index (Phi) is 64.6. The monoisotopic (exact) mass is 1240 g/mol. The van der Waals surface area contributed by atoms with E-state index in [9.17, 15) is 19.0 Å².